The molecule has 6 nitrogen and oxygen atoms in total. The van der Waals surface area contributed by atoms with Gasteiger partial charge in [-0.2, -0.15) is 0 Å². The van der Waals surface area contributed by atoms with Crippen LogP contribution in [-0.4, -0.2) is 37.2 Å². The zero-order valence-corrected chi connectivity index (χ0v) is 51.9. The largest absolute Gasteiger partial charge is 0.462 e. The summed E-state index contributed by atoms with van der Waals surface area (Å²) < 4.78 is 16.9. The van der Waals surface area contributed by atoms with Crippen LogP contribution in [0.4, 0.5) is 0 Å². The van der Waals surface area contributed by atoms with Crippen molar-refractivity contribution in [2.75, 3.05) is 13.2 Å². The van der Waals surface area contributed by atoms with E-state index in [1.165, 1.54) is 212 Å². The van der Waals surface area contributed by atoms with Gasteiger partial charge in [-0.3, -0.25) is 14.4 Å². The fraction of sp³-hybridized carbons (Fsp3) is 0.792. The lowest BCUT2D eigenvalue weighted by atomic mass is 10.0. The Balaban J connectivity index is 4.18. The molecule has 0 aliphatic heterocycles. The second-order valence-electron chi connectivity index (χ2n) is 22.7. The monoisotopic (exact) mass is 1090 g/mol. The highest BCUT2D eigenvalue weighted by molar-refractivity contribution is 5.71. The molecule has 0 aromatic rings. The Morgan fingerprint density at radius 2 is 0.500 bits per heavy atom. The molecule has 0 saturated carbocycles. The summed E-state index contributed by atoms with van der Waals surface area (Å²) >= 11 is 0. The SMILES string of the molecule is CC/C=C\C/C=C\C/C=C\C/C=C\C/C=C\C/C=C\CCCCCCCCCCCCCCC(=O)OCC(COC(=O)CCCCCCCCCCCCC)OC(=O)CCCCCCCCCCCCCCCCCCCC. The molecule has 0 aromatic carbocycles. The van der Waals surface area contributed by atoms with Gasteiger partial charge >= 0.3 is 17.9 Å². The summed E-state index contributed by atoms with van der Waals surface area (Å²) in [5, 5.41) is 0. The molecule has 0 saturated heterocycles. The highest BCUT2D eigenvalue weighted by Crippen LogP contribution is 2.18. The maximum absolute atomic E-state index is 12.9. The van der Waals surface area contributed by atoms with Crippen LogP contribution in [0, 0.1) is 0 Å². The second-order valence-corrected chi connectivity index (χ2v) is 22.7. The average Bonchev–Trinajstić information content (AvgIpc) is 3.44. The normalized spacial score (nSPS) is 12.5. The van der Waals surface area contributed by atoms with E-state index in [1.54, 1.807) is 0 Å². The highest BCUT2D eigenvalue weighted by atomic mass is 16.6. The highest BCUT2D eigenvalue weighted by Gasteiger charge is 2.19. The molecular formula is C72H128O6. The van der Waals surface area contributed by atoms with Crippen LogP contribution in [0.25, 0.3) is 0 Å². The van der Waals surface area contributed by atoms with Crippen LogP contribution in [0.15, 0.2) is 72.9 Å². The van der Waals surface area contributed by atoms with Crippen LogP contribution in [-0.2, 0) is 28.6 Å². The molecule has 0 aliphatic carbocycles. The lowest BCUT2D eigenvalue weighted by Gasteiger charge is -2.18. The van der Waals surface area contributed by atoms with Gasteiger partial charge < -0.3 is 14.2 Å². The summed E-state index contributed by atoms with van der Waals surface area (Å²) in [5.41, 5.74) is 0. The van der Waals surface area contributed by atoms with Crippen molar-refractivity contribution in [1.82, 2.24) is 0 Å². The minimum Gasteiger partial charge on any atom is -0.462 e. The summed E-state index contributed by atoms with van der Waals surface area (Å²) in [6.45, 7) is 6.57. The minimum absolute atomic E-state index is 0.0694. The fourth-order valence-corrected chi connectivity index (χ4v) is 9.92. The smallest absolute Gasteiger partial charge is 0.306 e. The molecule has 0 amide bonds. The van der Waals surface area contributed by atoms with E-state index in [4.69, 9.17) is 14.2 Å². The van der Waals surface area contributed by atoms with Gasteiger partial charge in [0.2, 0.25) is 0 Å². The quantitative estimate of drug-likeness (QED) is 0.0261. The maximum Gasteiger partial charge on any atom is 0.306 e. The number of ether oxygens (including phenoxy) is 3. The standard InChI is InChI=1S/C72H128O6/c1-4-7-10-13-16-19-22-24-26-28-30-31-32-33-34-35-36-37-38-39-40-41-42-44-45-47-50-53-56-59-62-65-71(74)77-68-69(67-76-70(73)64-61-58-55-52-49-21-18-15-12-9-6-3)78-72(75)66-63-60-57-54-51-48-46-43-29-27-25-23-20-17-14-11-8-5-2/h7,10,16,19,24,26,30-31,33-34,36-37,69H,4-6,8-9,11-15,17-18,20-23,25,27-29,32,35,38-68H2,1-3H3/b10-7-,19-16-,26-24-,31-30-,34-33-,37-36-. The van der Waals surface area contributed by atoms with Crippen LogP contribution in [0.5, 0.6) is 0 Å². The van der Waals surface area contributed by atoms with Gasteiger partial charge in [-0.1, -0.05) is 331 Å². The van der Waals surface area contributed by atoms with Gasteiger partial charge in [-0.25, -0.2) is 0 Å². The van der Waals surface area contributed by atoms with Crippen molar-refractivity contribution in [3.8, 4) is 0 Å². The van der Waals surface area contributed by atoms with Crippen LogP contribution in [0.1, 0.15) is 348 Å². The topological polar surface area (TPSA) is 78.9 Å². The number of esters is 3. The molecule has 1 unspecified atom stereocenters. The molecular weight excluding hydrogens is 961 g/mol. The molecule has 0 aliphatic rings. The lowest BCUT2D eigenvalue weighted by Crippen LogP contribution is -2.30. The molecule has 0 spiro atoms. The van der Waals surface area contributed by atoms with E-state index >= 15 is 0 Å². The fourth-order valence-electron chi connectivity index (χ4n) is 9.92. The molecule has 0 fully saturated rings. The molecule has 0 rings (SSSR count). The summed E-state index contributed by atoms with van der Waals surface area (Å²) in [6.07, 6.45) is 86.4. The lowest BCUT2D eigenvalue weighted by molar-refractivity contribution is -0.167. The zero-order chi connectivity index (χ0) is 56.4. The van der Waals surface area contributed by atoms with E-state index in [0.717, 1.165) is 96.3 Å². The van der Waals surface area contributed by atoms with Crippen molar-refractivity contribution in [2.24, 2.45) is 0 Å². The second kappa shape index (κ2) is 66.4. The molecule has 0 bridgehead atoms. The van der Waals surface area contributed by atoms with Gasteiger partial charge in [0.15, 0.2) is 6.10 Å². The predicted octanol–water partition coefficient (Wildman–Crippen LogP) is 23.3. The van der Waals surface area contributed by atoms with Gasteiger partial charge in [0, 0.05) is 19.3 Å². The molecule has 0 N–H and O–H groups in total. The predicted molar refractivity (Wildman–Crippen MR) is 339 cm³/mol. The van der Waals surface area contributed by atoms with E-state index in [9.17, 15) is 14.4 Å². The number of rotatable bonds is 62. The third-order valence-corrected chi connectivity index (χ3v) is 15.0. The number of carbonyl (C=O) groups excluding carboxylic acids is 3. The van der Waals surface area contributed by atoms with Gasteiger partial charge in [0.1, 0.15) is 13.2 Å². The number of allylic oxidation sites excluding steroid dienone is 12. The van der Waals surface area contributed by atoms with Crippen LogP contribution in [0.2, 0.25) is 0 Å². The molecule has 78 heavy (non-hydrogen) atoms. The number of carbonyl (C=O) groups is 3. The Kier molecular flexibility index (Phi) is 63.7. The Morgan fingerprint density at radius 3 is 0.782 bits per heavy atom. The first-order chi connectivity index (χ1) is 38.5. The summed E-state index contributed by atoms with van der Waals surface area (Å²) in [4.78, 5) is 38.3. The van der Waals surface area contributed by atoms with Crippen molar-refractivity contribution in [3.63, 3.8) is 0 Å². The Bertz CT molecular complexity index is 1440. The first-order valence-corrected chi connectivity index (χ1v) is 33.9. The Morgan fingerprint density at radius 1 is 0.269 bits per heavy atom. The van der Waals surface area contributed by atoms with Crippen LogP contribution < -0.4 is 0 Å². The molecule has 0 radical (unpaired) electrons. The number of hydrogen-bond donors (Lipinski definition) is 0. The van der Waals surface area contributed by atoms with Crippen molar-refractivity contribution in [1.29, 1.82) is 0 Å². The van der Waals surface area contributed by atoms with Gasteiger partial charge in [0.05, 0.1) is 0 Å². The third kappa shape index (κ3) is 63.7. The van der Waals surface area contributed by atoms with Gasteiger partial charge in [-0.05, 0) is 70.6 Å². The third-order valence-electron chi connectivity index (χ3n) is 15.0. The number of unbranched alkanes of at least 4 members (excludes halogenated alkanes) is 39. The molecule has 1 atom stereocenters. The van der Waals surface area contributed by atoms with Crippen molar-refractivity contribution >= 4 is 17.9 Å². The zero-order valence-electron chi connectivity index (χ0n) is 51.9. The summed E-state index contributed by atoms with van der Waals surface area (Å²) in [6, 6.07) is 0. The Labute approximate surface area is 484 Å². The summed E-state index contributed by atoms with van der Waals surface area (Å²) in [7, 11) is 0. The Hall–Kier alpha value is -3.15. The van der Waals surface area contributed by atoms with Gasteiger partial charge in [-0.15, -0.1) is 0 Å². The van der Waals surface area contributed by atoms with E-state index in [1.807, 2.05) is 0 Å². The van der Waals surface area contributed by atoms with Crippen molar-refractivity contribution in [2.45, 2.75) is 354 Å². The maximum atomic E-state index is 12.9. The summed E-state index contributed by atoms with van der Waals surface area (Å²) in [5.74, 6) is -0.851. The van der Waals surface area contributed by atoms with Gasteiger partial charge in [0.25, 0.3) is 0 Å². The minimum atomic E-state index is -0.772. The van der Waals surface area contributed by atoms with E-state index in [0.29, 0.717) is 19.3 Å². The molecule has 0 heterocycles. The molecule has 6 heteroatoms. The van der Waals surface area contributed by atoms with Crippen LogP contribution in [0.3, 0.4) is 0 Å². The van der Waals surface area contributed by atoms with E-state index in [-0.39, 0.29) is 31.1 Å². The van der Waals surface area contributed by atoms with Crippen molar-refractivity contribution in [3.05, 3.63) is 72.9 Å². The van der Waals surface area contributed by atoms with Crippen molar-refractivity contribution < 1.29 is 28.6 Å². The average molecular weight is 1090 g/mol. The van der Waals surface area contributed by atoms with Crippen LogP contribution >= 0.6 is 0 Å². The van der Waals surface area contributed by atoms with E-state index in [2.05, 4.69) is 93.7 Å². The first-order valence-electron chi connectivity index (χ1n) is 33.9. The first kappa shape index (κ1) is 74.8. The number of hydrogen-bond acceptors (Lipinski definition) is 6. The van der Waals surface area contributed by atoms with E-state index < -0.39 is 6.10 Å². The molecule has 0 aromatic heterocycles. The molecule has 452 valence electrons.